The van der Waals surface area contributed by atoms with Crippen LogP contribution in [0.3, 0.4) is 0 Å². The van der Waals surface area contributed by atoms with Gasteiger partial charge in [0.25, 0.3) is 0 Å². The van der Waals surface area contributed by atoms with E-state index in [9.17, 15) is 1.37 Å². The fourth-order valence-corrected chi connectivity index (χ4v) is 3.55. The second-order valence-electron chi connectivity index (χ2n) is 7.55. The van der Waals surface area contributed by atoms with Crippen molar-refractivity contribution in [3.05, 3.63) is 47.5 Å². The molecule has 1 aliphatic carbocycles. The van der Waals surface area contributed by atoms with Crippen molar-refractivity contribution in [2.45, 2.75) is 59.1 Å². The van der Waals surface area contributed by atoms with Gasteiger partial charge < -0.3 is 4.42 Å². The van der Waals surface area contributed by atoms with E-state index >= 15 is 0 Å². The molecule has 25 heavy (non-hydrogen) atoms. The van der Waals surface area contributed by atoms with Gasteiger partial charge in [-0.2, -0.15) is 0 Å². The molecule has 1 aromatic carbocycles. The molecule has 3 nitrogen and oxygen atoms in total. The highest BCUT2D eigenvalue weighted by atomic mass is 16.3. The van der Waals surface area contributed by atoms with Crippen LogP contribution in [0.15, 0.2) is 34.9 Å². The molecule has 1 aliphatic rings. The van der Waals surface area contributed by atoms with Crippen LogP contribution in [0.1, 0.15) is 72.0 Å². The first-order chi connectivity index (χ1) is 14.7. The lowest BCUT2D eigenvalue weighted by Gasteiger charge is -2.35. The molecule has 0 aliphatic heterocycles. The SMILES string of the molecule is [2H]C([2H])([2H])c1nc2c(-c3cc(C4([2H])CCC(C)(C)CC4)c(C([2H])([2H])[2H])cn3)cccc2o1. The van der Waals surface area contributed by atoms with Gasteiger partial charge >= 0.3 is 0 Å². The smallest absolute Gasteiger partial charge is 0.192 e. The van der Waals surface area contributed by atoms with Crippen molar-refractivity contribution in [2.24, 2.45) is 5.41 Å². The maximum Gasteiger partial charge on any atom is 0.192 e. The van der Waals surface area contributed by atoms with E-state index in [2.05, 4.69) is 23.8 Å². The van der Waals surface area contributed by atoms with Crippen LogP contribution in [0.5, 0.6) is 0 Å². The van der Waals surface area contributed by atoms with Crippen molar-refractivity contribution < 1.29 is 14.0 Å². The minimum Gasteiger partial charge on any atom is -0.441 e. The molecule has 2 aromatic heterocycles. The Morgan fingerprint density at radius 3 is 2.84 bits per heavy atom. The van der Waals surface area contributed by atoms with Gasteiger partial charge in [-0.25, -0.2) is 4.98 Å². The Labute approximate surface area is 159 Å². The molecule has 0 amide bonds. The van der Waals surface area contributed by atoms with Gasteiger partial charge in [0.05, 0.1) is 5.69 Å². The molecule has 2 heterocycles. The molecular formula is C22H26N2O. The molecule has 0 saturated heterocycles. The Kier molecular flexibility index (Phi) is 2.41. The van der Waals surface area contributed by atoms with Gasteiger partial charge in [-0.3, -0.25) is 4.98 Å². The second kappa shape index (κ2) is 5.98. The number of benzene rings is 1. The van der Waals surface area contributed by atoms with Gasteiger partial charge in [-0.15, -0.1) is 0 Å². The molecule has 3 aromatic rings. The number of rotatable bonds is 2. The molecule has 1 saturated carbocycles. The number of hydrogen-bond donors (Lipinski definition) is 0. The summed E-state index contributed by atoms with van der Waals surface area (Å²) < 4.78 is 61.3. The fraction of sp³-hybridized carbons (Fsp3) is 0.455. The molecule has 0 N–H and O–H groups in total. The molecule has 0 radical (unpaired) electrons. The number of nitrogens with zero attached hydrogens (tertiary/aromatic N) is 2. The first-order valence-electron chi connectivity index (χ1n) is 12.1. The maximum atomic E-state index is 9.18. The number of pyridine rings is 1. The molecule has 1 fully saturated rings. The van der Waals surface area contributed by atoms with E-state index in [1.54, 1.807) is 24.3 Å². The zero-order valence-electron chi connectivity index (χ0n) is 21.5. The van der Waals surface area contributed by atoms with Crippen LogP contribution >= 0.6 is 0 Å². The standard InChI is InChI=1S/C22H26N2O/c1-14-13-23-19(12-18(14)16-8-10-22(3,4)11-9-16)17-6-5-7-20-21(17)24-15(2)25-20/h5-7,12-13,16H,8-11H2,1-4H3/i1D3,2D3,16D. The molecule has 4 rings (SSSR count). The van der Waals surface area contributed by atoms with E-state index in [0.717, 1.165) is 12.8 Å². The van der Waals surface area contributed by atoms with Crippen LogP contribution in [0.4, 0.5) is 0 Å². The van der Waals surface area contributed by atoms with E-state index < -0.39 is 19.6 Å². The van der Waals surface area contributed by atoms with Crippen LogP contribution in [0, 0.1) is 19.1 Å². The quantitative estimate of drug-likeness (QED) is 0.558. The average Bonchev–Trinajstić information content (AvgIpc) is 3.14. The molecule has 130 valence electrons. The second-order valence-corrected chi connectivity index (χ2v) is 7.55. The van der Waals surface area contributed by atoms with Crippen molar-refractivity contribution in [3.63, 3.8) is 0 Å². The predicted octanol–water partition coefficient (Wildman–Crippen LogP) is 6.19. The Bertz CT molecular complexity index is 1150. The van der Waals surface area contributed by atoms with Crippen molar-refractivity contribution in [3.8, 4) is 11.3 Å². The van der Waals surface area contributed by atoms with Gasteiger partial charge in [0.1, 0.15) is 5.52 Å². The van der Waals surface area contributed by atoms with Crippen molar-refractivity contribution >= 4 is 11.1 Å². The normalized spacial score (nSPS) is 24.3. The zero-order valence-corrected chi connectivity index (χ0v) is 14.5. The first kappa shape index (κ1) is 10.1. The summed E-state index contributed by atoms with van der Waals surface area (Å²) in [5, 5.41) is 0. The lowest BCUT2D eigenvalue weighted by atomic mass is 9.71. The van der Waals surface area contributed by atoms with Gasteiger partial charge in [0.15, 0.2) is 11.5 Å². The highest BCUT2D eigenvalue weighted by Crippen LogP contribution is 2.43. The number of hydrogen-bond acceptors (Lipinski definition) is 3. The molecular weight excluding hydrogens is 308 g/mol. The molecule has 3 heteroatoms. The van der Waals surface area contributed by atoms with Crippen LogP contribution < -0.4 is 0 Å². The topological polar surface area (TPSA) is 38.9 Å². The lowest BCUT2D eigenvalue weighted by Crippen LogP contribution is -2.20. The average molecular weight is 342 g/mol. The van der Waals surface area contributed by atoms with E-state index in [1.165, 1.54) is 6.20 Å². The lowest BCUT2D eigenvalue weighted by molar-refractivity contribution is 0.224. The molecule has 0 spiro atoms. The van der Waals surface area contributed by atoms with E-state index in [4.69, 9.17) is 12.6 Å². The summed E-state index contributed by atoms with van der Waals surface area (Å²) in [5.74, 6) is -1.39. The van der Waals surface area contributed by atoms with E-state index in [1.807, 2.05) is 0 Å². The largest absolute Gasteiger partial charge is 0.441 e. The number of para-hydroxylation sites is 1. The summed E-state index contributed by atoms with van der Waals surface area (Å²) in [7, 11) is 0. The van der Waals surface area contributed by atoms with Gasteiger partial charge in [0, 0.05) is 28.2 Å². The Hall–Kier alpha value is -2.16. The minimum absolute atomic E-state index is 0.0893. The monoisotopic (exact) mass is 341 g/mol. The Balaban J connectivity index is 1.87. The van der Waals surface area contributed by atoms with E-state index in [-0.39, 0.29) is 16.9 Å². The third kappa shape index (κ3) is 3.08. The summed E-state index contributed by atoms with van der Waals surface area (Å²) in [5.41, 5.74) is 2.32. The summed E-state index contributed by atoms with van der Waals surface area (Å²) in [6, 6.07) is 6.76. The minimum atomic E-state index is -2.49. The molecule has 0 unspecified atom stereocenters. The van der Waals surface area contributed by atoms with Crippen LogP contribution in [-0.2, 0) is 0 Å². The highest BCUT2D eigenvalue weighted by molar-refractivity contribution is 5.89. The fourth-order valence-electron chi connectivity index (χ4n) is 3.55. The zero-order chi connectivity index (χ0) is 23.5. The number of aromatic nitrogens is 2. The summed E-state index contributed by atoms with van der Waals surface area (Å²) in [4.78, 5) is 8.57. The predicted molar refractivity (Wildman–Crippen MR) is 102 cm³/mol. The number of aryl methyl sites for hydroxylation is 2. The van der Waals surface area contributed by atoms with Gasteiger partial charge in [0.2, 0.25) is 0 Å². The van der Waals surface area contributed by atoms with Crippen molar-refractivity contribution in [1.82, 2.24) is 9.97 Å². The Morgan fingerprint density at radius 1 is 1.24 bits per heavy atom. The molecule has 0 bridgehead atoms. The summed E-state index contributed by atoms with van der Waals surface area (Å²) in [6.45, 7) is -0.539. The third-order valence-corrected chi connectivity index (χ3v) is 5.19. The highest BCUT2D eigenvalue weighted by Gasteiger charge is 2.28. The van der Waals surface area contributed by atoms with E-state index in [0.29, 0.717) is 40.8 Å². The third-order valence-electron chi connectivity index (χ3n) is 5.19. The van der Waals surface area contributed by atoms with Crippen molar-refractivity contribution in [2.75, 3.05) is 0 Å². The number of oxazole rings is 1. The number of fused-ring (bicyclic) bond motifs is 1. The van der Waals surface area contributed by atoms with Gasteiger partial charge in [-0.05, 0) is 67.1 Å². The van der Waals surface area contributed by atoms with Crippen LogP contribution in [0.2, 0.25) is 0 Å². The Morgan fingerprint density at radius 2 is 2.08 bits per heavy atom. The summed E-state index contributed by atoms with van der Waals surface area (Å²) >= 11 is 0. The summed E-state index contributed by atoms with van der Waals surface area (Å²) in [6.07, 6.45) is 4.11. The van der Waals surface area contributed by atoms with Crippen LogP contribution in [-0.4, -0.2) is 9.97 Å². The maximum absolute atomic E-state index is 9.18. The first-order valence-corrected chi connectivity index (χ1v) is 8.61. The van der Waals surface area contributed by atoms with Crippen LogP contribution in [0.25, 0.3) is 22.4 Å². The van der Waals surface area contributed by atoms with Gasteiger partial charge in [-0.1, -0.05) is 26.0 Å². The molecule has 0 atom stereocenters. The van der Waals surface area contributed by atoms with Crippen molar-refractivity contribution in [1.29, 1.82) is 0 Å².